The first-order valence-corrected chi connectivity index (χ1v) is 4.85. The summed E-state index contributed by atoms with van der Waals surface area (Å²) in [5.41, 5.74) is 1.11. The molecule has 3 nitrogen and oxygen atoms in total. The molecule has 1 atom stereocenters. The number of hydrogen-bond donors (Lipinski definition) is 0. The maximum atomic E-state index is 8.80. The summed E-state index contributed by atoms with van der Waals surface area (Å²) in [4.78, 5) is 4.75. The van der Waals surface area contributed by atoms with Crippen molar-refractivity contribution in [3.8, 4) is 6.07 Å². The summed E-state index contributed by atoms with van der Waals surface area (Å²) in [6, 6.07) is 2.34. The Labute approximate surface area is 79.4 Å². The lowest BCUT2D eigenvalue weighted by molar-refractivity contribution is 0.211. The third-order valence-electron chi connectivity index (χ3n) is 2.45. The Bertz CT molecular complexity index is 217. The Morgan fingerprint density at radius 1 is 1.38 bits per heavy atom. The van der Waals surface area contributed by atoms with Gasteiger partial charge in [-0.25, -0.2) is 0 Å². The Hall–Kier alpha value is -1.04. The normalized spacial score (nSPS) is 27.4. The van der Waals surface area contributed by atoms with E-state index in [1.165, 1.54) is 0 Å². The minimum absolute atomic E-state index is 0.224. The van der Waals surface area contributed by atoms with Crippen molar-refractivity contribution in [2.24, 2.45) is 11.1 Å². The highest BCUT2D eigenvalue weighted by molar-refractivity contribution is 5.84. The maximum absolute atomic E-state index is 8.80. The van der Waals surface area contributed by atoms with E-state index in [1.54, 1.807) is 7.11 Å². The molecule has 0 saturated heterocycles. The minimum Gasteiger partial charge on any atom is -0.399 e. The molecule has 0 amide bonds. The molecule has 72 valence electrons. The highest BCUT2D eigenvalue weighted by atomic mass is 16.6. The fourth-order valence-electron chi connectivity index (χ4n) is 1.68. The molecule has 0 aromatic heterocycles. The van der Waals surface area contributed by atoms with E-state index >= 15 is 0 Å². The zero-order valence-corrected chi connectivity index (χ0v) is 8.12. The molecule has 13 heavy (non-hydrogen) atoms. The van der Waals surface area contributed by atoms with Gasteiger partial charge in [-0.05, 0) is 32.1 Å². The molecular formula is C10H16N2O. The smallest absolute Gasteiger partial charge is 0.106 e. The van der Waals surface area contributed by atoms with Crippen LogP contribution in [-0.2, 0) is 4.84 Å². The predicted octanol–water partition coefficient (Wildman–Crippen LogP) is 2.48. The van der Waals surface area contributed by atoms with Crippen LogP contribution in [-0.4, -0.2) is 12.8 Å². The number of oxime groups is 1. The van der Waals surface area contributed by atoms with E-state index in [0.29, 0.717) is 0 Å². The van der Waals surface area contributed by atoms with Crippen LogP contribution in [0.1, 0.15) is 38.5 Å². The van der Waals surface area contributed by atoms with Gasteiger partial charge in [0.1, 0.15) is 7.11 Å². The molecule has 0 spiro atoms. The van der Waals surface area contributed by atoms with Gasteiger partial charge < -0.3 is 4.84 Å². The Kier molecular flexibility index (Phi) is 4.31. The fraction of sp³-hybridized carbons (Fsp3) is 0.800. The highest BCUT2D eigenvalue weighted by Crippen LogP contribution is 2.20. The average molecular weight is 180 g/mol. The first kappa shape index (κ1) is 10.0. The van der Waals surface area contributed by atoms with Gasteiger partial charge in [0.05, 0.1) is 11.8 Å². The summed E-state index contributed by atoms with van der Waals surface area (Å²) >= 11 is 0. The zero-order valence-electron chi connectivity index (χ0n) is 8.12. The molecule has 1 aliphatic carbocycles. The second kappa shape index (κ2) is 5.58. The molecule has 0 bridgehead atoms. The van der Waals surface area contributed by atoms with Crippen molar-refractivity contribution in [1.82, 2.24) is 0 Å². The van der Waals surface area contributed by atoms with Gasteiger partial charge >= 0.3 is 0 Å². The second-order valence-electron chi connectivity index (χ2n) is 3.45. The van der Waals surface area contributed by atoms with Gasteiger partial charge in [-0.3, -0.25) is 0 Å². The minimum atomic E-state index is 0.224. The van der Waals surface area contributed by atoms with E-state index in [-0.39, 0.29) is 5.92 Å². The van der Waals surface area contributed by atoms with Crippen LogP contribution < -0.4 is 0 Å². The molecule has 0 N–H and O–H groups in total. The number of hydrogen-bond acceptors (Lipinski definition) is 3. The molecule has 1 unspecified atom stereocenters. The summed E-state index contributed by atoms with van der Waals surface area (Å²) in [6.45, 7) is 0. The maximum Gasteiger partial charge on any atom is 0.106 e. The van der Waals surface area contributed by atoms with Crippen LogP contribution in [0.3, 0.4) is 0 Å². The summed E-state index contributed by atoms with van der Waals surface area (Å²) in [6.07, 6.45) is 6.23. The number of nitriles is 1. The third-order valence-corrected chi connectivity index (χ3v) is 2.45. The van der Waals surface area contributed by atoms with Gasteiger partial charge in [-0.15, -0.1) is 0 Å². The van der Waals surface area contributed by atoms with Gasteiger partial charge in [0, 0.05) is 5.92 Å². The van der Waals surface area contributed by atoms with E-state index in [2.05, 4.69) is 11.2 Å². The summed E-state index contributed by atoms with van der Waals surface area (Å²) in [5, 5.41) is 12.8. The standard InChI is InChI=1S/C10H16N2O/c1-13-12-10-5-3-2-4-9(8-11)6-7-10/h9H,2-7H2,1H3. The quantitative estimate of drug-likeness (QED) is 0.582. The van der Waals surface area contributed by atoms with Crippen molar-refractivity contribution in [2.45, 2.75) is 38.5 Å². The molecule has 0 aromatic carbocycles. The molecule has 0 aromatic rings. The summed E-state index contributed by atoms with van der Waals surface area (Å²) < 4.78 is 0. The largest absolute Gasteiger partial charge is 0.399 e. The molecule has 0 aliphatic heterocycles. The van der Waals surface area contributed by atoms with Crippen LogP contribution in [0.2, 0.25) is 0 Å². The van der Waals surface area contributed by atoms with Crippen LogP contribution in [0.4, 0.5) is 0 Å². The molecule has 1 saturated carbocycles. The number of nitrogens with zero attached hydrogens (tertiary/aromatic N) is 2. The van der Waals surface area contributed by atoms with E-state index in [4.69, 9.17) is 10.1 Å². The predicted molar refractivity (Wildman–Crippen MR) is 51.2 cm³/mol. The molecule has 1 rings (SSSR count). The van der Waals surface area contributed by atoms with E-state index < -0.39 is 0 Å². The van der Waals surface area contributed by atoms with E-state index in [1.807, 2.05) is 0 Å². The van der Waals surface area contributed by atoms with Crippen molar-refractivity contribution in [2.75, 3.05) is 7.11 Å². The Balaban J connectivity index is 2.46. The van der Waals surface area contributed by atoms with Crippen LogP contribution in [0, 0.1) is 17.2 Å². The van der Waals surface area contributed by atoms with Crippen LogP contribution >= 0.6 is 0 Å². The van der Waals surface area contributed by atoms with Crippen molar-refractivity contribution >= 4 is 5.71 Å². The first-order valence-electron chi connectivity index (χ1n) is 4.85. The van der Waals surface area contributed by atoms with Crippen LogP contribution in [0.25, 0.3) is 0 Å². The summed E-state index contributed by atoms with van der Waals surface area (Å²) in [5.74, 6) is 0.224. The molecule has 1 aliphatic rings. The van der Waals surface area contributed by atoms with Gasteiger partial charge in [0.25, 0.3) is 0 Å². The molecule has 3 heteroatoms. The monoisotopic (exact) mass is 180 g/mol. The molecule has 1 fully saturated rings. The third kappa shape index (κ3) is 3.45. The molecule has 0 radical (unpaired) electrons. The Morgan fingerprint density at radius 3 is 2.92 bits per heavy atom. The number of rotatable bonds is 1. The average Bonchev–Trinajstić information content (AvgIpc) is 2.11. The highest BCUT2D eigenvalue weighted by Gasteiger charge is 2.13. The lowest BCUT2D eigenvalue weighted by atomic mass is 9.91. The van der Waals surface area contributed by atoms with Gasteiger partial charge in [-0.1, -0.05) is 11.6 Å². The van der Waals surface area contributed by atoms with Crippen molar-refractivity contribution in [3.63, 3.8) is 0 Å². The summed E-state index contributed by atoms with van der Waals surface area (Å²) in [7, 11) is 1.58. The van der Waals surface area contributed by atoms with Gasteiger partial charge in [0.2, 0.25) is 0 Å². The van der Waals surface area contributed by atoms with Gasteiger partial charge in [-0.2, -0.15) is 5.26 Å². The SMILES string of the molecule is CON=C1CCCCC(C#N)CC1. The van der Waals surface area contributed by atoms with Gasteiger partial charge in [0.15, 0.2) is 0 Å². The van der Waals surface area contributed by atoms with Crippen LogP contribution in [0.15, 0.2) is 5.16 Å². The van der Waals surface area contributed by atoms with E-state index in [9.17, 15) is 0 Å². The lowest BCUT2D eigenvalue weighted by Crippen LogP contribution is -2.08. The van der Waals surface area contributed by atoms with Crippen molar-refractivity contribution in [1.29, 1.82) is 5.26 Å². The molecular weight excluding hydrogens is 164 g/mol. The lowest BCUT2D eigenvalue weighted by Gasteiger charge is -2.13. The fourth-order valence-corrected chi connectivity index (χ4v) is 1.68. The van der Waals surface area contributed by atoms with Crippen LogP contribution in [0.5, 0.6) is 0 Å². The topological polar surface area (TPSA) is 45.4 Å². The molecule has 0 heterocycles. The first-order chi connectivity index (χ1) is 6.36. The zero-order chi connectivity index (χ0) is 9.52. The van der Waals surface area contributed by atoms with E-state index in [0.717, 1.165) is 44.2 Å². The van der Waals surface area contributed by atoms with Crippen molar-refractivity contribution < 1.29 is 4.84 Å². The Morgan fingerprint density at radius 2 is 2.23 bits per heavy atom. The van der Waals surface area contributed by atoms with Crippen molar-refractivity contribution in [3.05, 3.63) is 0 Å². The second-order valence-corrected chi connectivity index (χ2v) is 3.45.